The molecule has 1 heterocycles. The summed E-state index contributed by atoms with van der Waals surface area (Å²) in [5.41, 5.74) is 7.89. The van der Waals surface area contributed by atoms with Gasteiger partial charge in [0.05, 0.1) is 5.69 Å². The van der Waals surface area contributed by atoms with Crippen molar-refractivity contribution in [1.82, 2.24) is 4.98 Å². The molecule has 0 fully saturated rings. The maximum atomic E-state index is 13.0. The average Bonchev–Trinajstić information content (AvgIpc) is 2.32. The Balaban J connectivity index is 2.09. The van der Waals surface area contributed by atoms with Crippen molar-refractivity contribution < 1.29 is 8.78 Å². The highest BCUT2D eigenvalue weighted by Crippen LogP contribution is 2.17. The van der Waals surface area contributed by atoms with E-state index in [1.807, 2.05) is 6.92 Å². The predicted octanol–water partition coefficient (Wildman–Crippen LogP) is 2.86. The fourth-order valence-electron chi connectivity index (χ4n) is 1.57. The molecule has 5 heteroatoms. The molecule has 1 aromatic heterocycles. The topological polar surface area (TPSA) is 50.9 Å². The van der Waals surface area contributed by atoms with Crippen LogP contribution in [0.4, 0.5) is 20.3 Å². The number of hydrogen-bond donors (Lipinski definition) is 2. The minimum Gasteiger partial charge on any atom is -0.396 e. The Morgan fingerprint density at radius 2 is 2.00 bits per heavy atom. The predicted molar refractivity (Wildman–Crippen MR) is 67.1 cm³/mol. The maximum absolute atomic E-state index is 13.0. The molecule has 0 amide bonds. The second kappa shape index (κ2) is 5.00. The minimum absolute atomic E-state index is 0.331. The van der Waals surface area contributed by atoms with Gasteiger partial charge in [-0.05, 0) is 36.2 Å². The highest BCUT2D eigenvalue weighted by atomic mass is 19.2. The number of nitrogens with zero attached hydrogens (tertiary/aromatic N) is 1. The van der Waals surface area contributed by atoms with Crippen LogP contribution in [0.15, 0.2) is 30.5 Å². The second-order valence-corrected chi connectivity index (χ2v) is 4.05. The van der Waals surface area contributed by atoms with Gasteiger partial charge in [-0.2, -0.15) is 0 Å². The zero-order chi connectivity index (χ0) is 13.1. The lowest BCUT2D eigenvalue weighted by molar-refractivity contribution is 0.507. The third-order valence-electron chi connectivity index (χ3n) is 2.50. The molecule has 2 aromatic rings. The van der Waals surface area contributed by atoms with E-state index in [2.05, 4.69) is 10.3 Å². The molecular formula is C13H13F2N3. The fourth-order valence-corrected chi connectivity index (χ4v) is 1.57. The van der Waals surface area contributed by atoms with Crippen LogP contribution >= 0.6 is 0 Å². The Labute approximate surface area is 104 Å². The molecular weight excluding hydrogens is 236 g/mol. The van der Waals surface area contributed by atoms with Gasteiger partial charge in [0.1, 0.15) is 5.82 Å². The molecule has 2 rings (SSSR count). The SMILES string of the molecule is Cc1cnc(NCc2ccc(F)c(F)c2)c(N)c1. The van der Waals surface area contributed by atoms with Gasteiger partial charge in [0.15, 0.2) is 11.6 Å². The van der Waals surface area contributed by atoms with E-state index in [-0.39, 0.29) is 0 Å². The Kier molecular flexibility index (Phi) is 3.41. The summed E-state index contributed by atoms with van der Waals surface area (Å²) < 4.78 is 25.7. The standard InChI is InChI=1S/C13H13F2N3/c1-8-4-12(16)13(17-6-8)18-7-9-2-3-10(14)11(15)5-9/h2-6H,7,16H2,1H3,(H,17,18). The maximum Gasteiger partial charge on any atom is 0.159 e. The first kappa shape index (κ1) is 12.3. The third-order valence-corrected chi connectivity index (χ3v) is 2.50. The molecule has 94 valence electrons. The summed E-state index contributed by atoms with van der Waals surface area (Å²) in [6, 6.07) is 5.54. The van der Waals surface area contributed by atoms with Crippen LogP contribution in [0.25, 0.3) is 0 Å². The first-order valence-corrected chi connectivity index (χ1v) is 5.46. The highest BCUT2D eigenvalue weighted by Gasteiger charge is 2.04. The molecule has 18 heavy (non-hydrogen) atoms. The zero-order valence-corrected chi connectivity index (χ0v) is 9.87. The van der Waals surface area contributed by atoms with Crippen molar-refractivity contribution in [2.45, 2.75) is 13.5 Å². The number of anilines is 2. The molecule has 0 radical (unpaired) electrons. The van der Waals surface area contributed by atoms with Crippen LogP contribution in [0.2, 0.25) is 0 Å². The number of rotatable bonds is 3. The molecule has 0 unspecified atom stereocenters. The van der Waals surface area contributed by atoms with Crippen molar-refractivity contribution >= 4 is 11.5 Å². The number of benzene rings is 1. The summed E-state index contributed by atoms with van der Waals surface area (Å²) in [6.07, 6.45) is 1.68. The number of hydrogen-bond acceptors (Lipinski definition) is 3. The van der Waals surface area contributed by atoms with Gasteiger partial charge in [0.25, 0.3) is 0 Å². The summed E-state index contributed by atoms with van der Waals surface area (Å²) in [6.45, 7) is 2.22. The largest absolute Gasteiger partial charge is 0.396 e. The first-order chi connectivity index (χ1) is 8.56. The molecule has 0 aliphatic rings. The quantitative estimate of drug-likeness (QED) is 0.879. The molecule has 0 spiro atoms. The van der Waals surface area contributed by atoms with Crippen LogP contribution in [0.5, 0.6) is 0 Å². The van der Waals surface area contributed by atoms with Crippen molar-refractivity contribution in [3.05, 3.63) is 53.2 Å². The van der Waals surface area contributed by atoms with E-state index < -0.39 is 11.6 Å². The number of nitrogens with two attached hydrogens (primary N) is 1. The lowest BCUT2D eigenvalue weighted by Gasteiger charge is -2.09. The van der Waals surface area contributed by atoms with E-state index >= 15 is 0 Å². The van der Waals surface area contributed by atoms with Gasteiger partial charge in [0, 0.05) is 12.7 Å². The lowest BCUT2D eigenvalue weighted by Crippen LogP contribution is -2.05. The monoisotopic (exact) mass is 249 g/mol. The van der Waals surface area contributed by atoms with E-state index in [1.165, 1.54) is 6.07 Å². The van der Waals surface area contributed by atoms with Crippen molar-refractivity contribution in [2.75, 3.05) is 11.1 Å². The fraction of sp³-hybridized carbons (Fsp3) is 0.154. The summed E-state index contributed by atoms with van der Waals surface area (Å²) in [5.74, 6) is -1.18. The van der Waals surface area contributed by atoms with Crippen LogP contribution in [-0.4, -0.2) is 4.98 Å². The van der Waals surface area contributed by atoms with E-state index in [9.17, 15) is 8.78 Å². The van der Waals surface area contributed by atoms with Gasteiger partial charge in [-0.15, -0.1) is 0 Å². The highest BCUT2D eigenvalue weighted by molar-refractivity contribution is 5.61. The molecule has 3 nitrogen and oxygen atoms in total. The molecule has 0 saturated heterocycles. The summed E-state index contributed by atoms with van der Waals surface area (Å²) in [4.78, 5) is 4.13. The number of pyridine rings is 1. The Morgan fingerprint density at radius 3 is 2.67 bits per heavy atom. The Hall–Kier alpha value is -2.17. The zero-order valence-electron chi connectivity index (χ0n) is 9.87. The minimum atomic E-state index is -0.862. The summed E-state index contributed by atoms with van der Waals surface area (Å²) >= 11 is 0. The van der Waals surface area contributed by atoms with Gasteiger partial charge in [-0.25, -0.2) is 13.8 Å². The van der Waals surface area contributed by atoms with Crippen LogP contribution < -0.4 is 11.1 Å². The lowest BCUT2D eigenvalue weighted by atomic mass is 10.2. The number of nitrogens with one attached hydrogen (secondary N) is 1. The van der Waals surface area contributed by atoms with Crippen molar-refractivity contribution in [3.63, 3.8) is 0 Å². The molecule has 0 atom stereocenters. The van der Waals surface area contributed by atoms with E-state index in [0.29, 0.717) is 23.6 Å². The van der Waals surface area contributed by atoms with Crippen LogP contribution in [0, 0.1) is 18.6 Å². The summed E-state index contributed by atoms with van der Waals surface area (Å²) in [5, 5.41) is 2.98. The van der Waals surface area contributed by atoms with E-state index in [0.717, 1.165) is 17.7 Å². The summed E-state index contributed by atoms with van der Waals surface area (Å²) in [7, 11) is 0. The van der Waals surface area contributed by atoms with Crippen molar-refractivity contribution in [2.24, 2.45) is 0 Å². The van der Waals surface area contributed by atoms with Gasteiger partial charge in [0.2, 0.25) is 0 Å². The Bertz CT molecular complexity index is 570. The van der Waals surface area contributed by atoms with Crippen molar-refractivity contribution in [3.8, 4) is 0 Å². The average molecular weight is 249 g/mol. The molecule has 0 aliphatic heterocycles. The molecule has 0 saturated carbocycles. The normalized spacial score (nSPS) is 10.4. The van der Waals surface area contributed by atoms with Crippen LogP contribution in [-0.2, 0) is 6.54 Å². The molecule has 0 bridgehead atoms. The number of halogens is 2. The van der Waals surface area contributed by atoms with Gasteiger partial charge >= 0.3 is 0 Å². The molecule has 0 aliphatic carbocycles. The first-order valence-electron chi connectivity index (χ1n) is 5.46. The van der Waals surface area contributed by atoms with Gasteiger partial charge in [-0.1, -0.05) is 6.07 Å². The second-order valence-electron chi connectivity index (χ2n) is 4.05. The number of aromatic nitrogens is 1. The van der Waals surface area contributed by atoms with Crippen LogP contribution in [0.1, 0.15) is 11.1 Å². The number of aryl methyl sites for hydroxylation is 1. The van der Waals surface area contributed by atoms with Gasteiger partial charge in [-0.3, -0.25) is 0 Å². The van der Waals surface area contributed by atoms with Crippen LogP contribution in [0.3, 0.4) is 0 Å². The van der Waals surface area contributed by atoms with E-state index in [1.54, 1.807) is 12.3 Å². The number of nitrogen functional groups attached to an aromatic ring is 1. The molecule has 1 aromatic carbocycles. The van der Waals surface area contributed by atoms with E-state index in [4.69, 9.17) is 5.73 Å². The van der Waals surface area contributed by atoms with Crippen molar-refractivity contribution in [1.29, 1.82) is 0 Å². The Morgan fingerprint density at radius 1 is 1.22 bits per heavy atom. The third kappa shape index (κ3) is 2.74. The smallest absolute Gasteiger partial charge is 0.159 e. The van der Waals surface area contributed by atoms with Gasteiger partial charge < -0.3 is 11.1 Å². The molecule has 3 N–H and O–H groups in total.